The summed E-state index contributed by atoms with van der Waals surface area (Å²) in [4.78, 5) is 16.0. The number of nitrogens with zero attached hydrogens (tertiary/aromatic N) is 1. The molecule has 110 valence electrons. The Morgan fingerprint density at radius 2 is 2.24 bits per heavy atom. The number of nitrogens with two attached hydrogens (primary N) is 1. The molecule has 0 spiro atoms. The molecule has 0 saturated heterocycles. The number of esters is 1. The van der Waals surface area contributed by atoms with Gasteiger partial charge in [-0.1, -0.05) is 11.6 Å². The van der Waals surface area contributed by atoms with Gasteiger partial charge in [0.25, 0.3) is 0 Å². The Bertz CT molecular complexity index is 679. The van der Waals surface area contributed by atoms with Crippen molar-refractivity contribution in [1.82, 2.24) is 4.98 Å². The molecule has 2 rings (SSSR count). The fourth-order valence-electron chi connectivity index (χ4n) is 1.65. The van der Waals surface area contributed by atoms with Crippen molar-refractivity contribution in [3.63, 3.8) is 0 Å². The SMILES string of the molecule is CCOC(=O)c1cc(Nc2ccc(Cl)cc2I)ncc1N. The molecule has 1 aromatic heterocycles. The molecule has 1 aromatic carbocycles. The number of anilines is 3. The molecule has 5 nitrogen and oxygen atoms in total. The average molecular weight is 418 g/mol. The lowest BCUT2D eigenvalue weighted by Gasteiger charge is -2.10. The molecule has 0 amide bonds. The summed E-state index contributed by atoms with van der Waals surface area (Å²) in [6, 6.07) is 7.01. The van der Waals surface area contributed by atoms with E-state index in [1.807, 2.05) is 12.1 Å². The Morgan fingerprint density at radius 1 is 1.48 bits per heavy atom. The number of benzene rings is 1. The molecule has 0 fully saturated rings. The second-order valence-electron chi connectivity index (χ2n) is 4.13. The van der Waals surface area contributed by atoms with Crippen LogP contribution in [0.4, 0.5) is 17.2 Å². The molecule has 2 aromatic rings. The van der Waals surface area contributed by atoms with Crippen LogP contribution < -0.4 is 11.1 Å². The Morgan fingerprint density at radius 3 is 2.90 bits per heavy atom. The molecule has 0 radical (unpaired) electrons. The maximum Gasteiger partial charge on any atom is 0.340 e. The molecule has 0 aliphatic heterocycles. The predicted molar refractivity (Wildman–Crippen MR) is 92.1 cm³/mol. The van der Waals surface area contributed by atoms with Crippen molar-refractivity contribution in [3.05, 3.63) is 44.6 Å². The first kappa shape index (κ1) is 15.8. The first-order valence-corrected chi connectivity index (χ1v) is 7.61. The van der Waals surface area contributed by atoms with E-state index < -0.39 is 5.97 Å². The van der Waals surface area contributed by atoms with E-state index in [9.17, 15) is 4.79 Å². The van der Waals surface area contributed by atoms with Gasteiger partial charge < -0.3 is 15.8 Å². The summed E-state index contributed by atoms with van der Waals surface area (Å²) in [5.41, 5.74) is 7.17. The van der Waals surface area contributed by atoms with Gasteiger partial charge in [-0.05, 0) is 53.8 Å². The third kappa shape index (κ3) is 3.98. The Balaban J connectivity index is 2.28. The molecule has 0 unspecified atom stereocenters. The normalized spacial score (nSPS) is 10.2. The second kappa shape index (κ2) is 6.95. The number of pyridine rings is 1. The maximum absolute atomic E-state index is 11.8. The number of nitrogens with one attached hydrogen (secondary N) is 1. The minimum absolute atomic E-state index is 0.282. The summed E-state index contributed by atoms with van der Waals surface area (Å²) in [6.45, 7) is 2.03. The number of carbonyl (C=O) groups is 1. The Labute approximate surface area is 141 Å². The molecule has 0 aliphatic rings. The van der Waals surface area contributed by atoms with E-state index in [2.05, 4.69) is 32.9 Å². The monoisotopic (exact) mass is 417 g/mol. The first-order valence-electron chi connectivity index (χ1n) is 6.16. The van der Waals surface area contributed by atoms with E-state index >= 15 is 0 Å². The standard InChI is InChI=1S/C14H13ClIN3O2/c1-2-21-14(20)9-6-13(18-7-11(9)17)19-12-4-3-8(15)5-10(12)16/h3-7H,2,17H2,1H3,(H,18,19). The lowest BCUT2D eigenvalue weighted by Crippen LogP contribution is -2.09. The third-order valence-corrected chi connectivity index (χ3v) is 3.75. The zero-order valence-electron chi connectivity index (χ0n) is 11.2. The van der Waals surface area contributed by atoms with Gasteiger partial charge in [0.2, 0.25) is 0 Å². The smallest absolute Gasteiger partial charge is 0.340 e. The van der Waals surface area contributed by atoms with Crippen LogP contribution in [0.3, 0.4) is 0 Å². The van der Waals surface area contributed by atoms with Gasteiger partial charge in [-0.2, -0.15) is 0 Å². The van der Waals surface area contributed by atoms with Gasteiger partial charge in [0.05, 0.1) is 29.7 Å². The summed E-state index contributed by atoms with van der Waals surface area (Å²) >= 11 is 8.08. The first-order chi connectivity index (χ1) is 10.0. The Kier molecular flexibility index (Phi) is 5.24. The largest absolute Gasteiger partial charge is 0.462 e. The number of ether oxygens (including phenoxy) is 1. The lowest BCUT2D eigenvalue weighted by atomic mass is 10.2. The topological polar surface area (TPSA) is 77.2 Å². The van der Waals surface area contributed by atoms with Crippen molar-refractivity contribution in [2.75, 3.05) is 17.7 Å². The highest BCUT2D eigenvalue weighted by Crippen LogP contribution is 2.26. The number of halogens is 2. The van der Waals surface area contributed by atoms with Gasteiger partial charge in [0.15, 0.2) is 0 Å². The predicted octanol–water partition coefficient (Wildman–Crippen LogP) is 3.84. The quantitative estimate of drug-likeness (QED) is 0.584. The van der Waals surface area contributed by atoms with Crippen LogP contribution in [0.5, 0.6) is 0 Å². The van der Waals surface area contributed by atoms with Gasteiger partial charge in [-0.25, -0.2) is 9.78 Å². The van der Waals surface area contributed by atoms with Gasteiger partial charge in [0.1, 0.15) is 5.82 Å². The molecule has 3 N–H and O–H groups in total. The van der Waals surface area contributed by atoms with E-state index in [1.165, 1.54) is 6.20 Å². The third-order valence-electron chi connectivity index (χ3n) is 2.62. The van der Waals surface area contributed by atoms with E-state index in [4.69, 9.17) is 22.1 Å². The van der Waals surface area contributed by atoms with Gasteiger partial charge in [-0.15, -0.1) is 0 Å². The van der Waals surface area contributed by atoms with Crippen molar-refractivity contribution >= 4 is 57.4 Å². The van der Waals surface area contributed by atoms with E-state index in [1.54, 1.807) is 19.1 Å². The van der Waals surface area contributed by atoms with Crippen LogP contribution in [-0.4, -0.2) is 17.6 Å². The summed E-state index contributed by atoms with van der Waals surface area (Å²) in [5.74, 6) is 0.0405. The summed E-state index contributed by atoms with van der Waals surface area (Å²) in [7, 11) is 0. The number of hydrogen-bond acceptors (Lipinski definition) is 5. The fraction of sp³-hybridized carbons (Fsp3) is 0.143. The van der Waals surface area contributed by atoms with Crippen molar-refractivity contribution in [2.45, 2.75) is 6.92 Å². The molecule has 0 bridgehead atoms. The van der Waals surface area contributed by atoms with Crippen molar-refractivity contribution in [2.24, 2.45) is 0 Å². The lowest BCUT2D eigenvalue weighted by molar-refractivity contribution is 0.0527. The number of carbonyl (C=O) groups excluding carboxylic acids is 1. The second-order valence-corrected chi connectivity index (χ2v) is 5.73. The highest BCUT2D eigenvalue weighted by atomic mass is 127. The van der Waals surface area contributed by atoms with Crippen LogP contribution in [0.2, 0.25) is 5.02 Å². The minimum atomic E-state index is -0.466. The molecule has 1 heterocycles. The van der Waals surface area contributed by atoms with E-state index in [0.717, 1.165) is 9.26 Å². The average Bonchev–Trinajstić information content (AvgIpc) is 2.44. The number of hydrogen-bond donors (Lipinski definition) is 2. The summed E-state index contributed by atoms with van der Waals surface area (Å²) in [5, 5.41) is 3.78. The molecule has 21 heavy (non-hydrogen) atoms. The fourth-order valence-corrected chi connectivity index (χ4v) is 2.66. The zero-order chi connectivity index (χ0) is 15.4. The zero-order valence-corrected chi connectivity index (χ0v) is 14.1. The Hall–Kier alpha value is -1.54. The van der Waals surface area contributed by atoms with Crippen LogP contribution in [0.15, 0.2) is 30.5 Å². The van der Waals surface area contributed by atoms with E-state index in [0.29, 0.717) is 23.0 Å². The van der Waals surface area contributed by atoms with Crippen molar-refractivity contribution < 1.29 is 9.53 Å². The molecule has 7 heteroatoms. The molecule has 0 saturated carbocycles. The van der Waals surface area contributed by atoms with Crippen molar-refractivity contribution in [1.29, 1.82) is 0 Å². The van der Waals surface area contributed by atoms with Crippen LogP contribution in [-0.2, 0) is 4.74 Å². The van der Waals surface area contributed by atoms with Gasteiger partial charge >= 0.3 is 5.97 Å². The number of nitrogen functional groups attached to an aromatic ring is 1. The van der Waals surface area contributed by atoms with E-state index in [-0.39, 0.29) is 5.69 Å². The van der Waals surface area contributed by atoms with Crippen LogP contribution in [0, 0.1) is 3.57 Å². The molecular formula is C14H13ClIN3O2. The van der Waals surface area contributed by atoms with Gasteiger partial charge in [0, 0.05) is 8.59 Å². The molecule has 0 aliphatic carbocycles. The van der Waals surface area contributed by atoms with Crippen LogP contribution in [0.1, 0.15) is 17.3 Å². The highest BCUT2D eigenvalue weighted by molar-refractivity contribution is 14.1. The van der Waals surface area contributed by atoms with Crippen LogP contribution >= 0.6 is 34.2 Å². The highest BCUT2D eigenvalue weighted by Gasteiger charge is 2.13. The minimum Gasteiger partial charge on any atom is -0.462 e. The molecular weight excluding hydrogens is 405 g/mol. The van der Waals surface area contributed by atoms with Crippen LogP contribution in [0.25, 0.3) is 0 Å². The van der Waals surface area contributed by atoms with Crippen molar-refractivity contribution in [3.8, 4) is 0 Å². The summed E-state index contributed by atoms with van der Waals surface area (Å²) < 4.78 is 5.90. The number of aromatic nitrogens is 1. The van der Waals surface area contributed by atoms with Gasteiger partial charge in [-0.3, -0.25) is 0 Å². The number of rotatable bonds is 4. The maximum atomic E-state index is 11.8. The summed E-state index contributed by atoms with van der Waals surface area (Å²) in [6.07, 6.45) is 1.43. The molecule has 0 atom stereocenters.